The molecule has 1 spiro atoms. The van der Waals surface area contributed by atoms with E-state index >= 15 is 8.78 Å². The van der Waals surface area contributed by atoms with E-state index in [0.717, 1.165) is 51.8 Å². The molecule has 0 aliphatic carbocycles. The molecule has 334 valence electrons. The van der Waals surface area contributed by atoms with Crippen molar-refractivity contribution in [1.29, 1.82) is 0 Å². The van der Waals surface area contributed by atoms with Crippen LogP contribution in [0.2, 0.25) is 0 Å². The molecule has 2 N–H and O–H groups in total. The number of carbonyl (C=O) groups is 5. The van der Waals surface area contributed by atoms with Crippen molar-refractivity contribution in [1.82, 2.24) is 29.9 Å². The number of H-pyrrole nitrogens is 1. The van der Waals surface area contributed by atoms with Crippen molar-refractivity contribution >= 4 is 46.9 Å². The average Bonchev–Trinajstić information content (AvgIpc) is 4.01. The van der Waals surface area contributed by atoms with Gasteiger partial charge in [0.25, 0.3) is 18.2 Å². The van der Waals surface area contributed by atoms with E-state index in [0.29, 0.717) is 69.6 Å². The summed E-state index contributed by atoms with van der Waals surface area (Å²) in [5.74, 6) is -2.71. The number of halogens is 4. The second kappa shape index (κ2) is 18.0. The molecule has 2 saturated heterocycles. The van der Waals surface area contributed by atoms with E-state index in [9.17, 15) is 32.8 Å². The van der Waals surface area contributed by atoms with Crippen molar-refractivity contribution in [3.05, 3.63) is 99.2 Å². The molecule has 1 unspecified atom stereocenters. The SMILES string of the molecule is CNC.C[C@@H]1Cc2c([nH]c3ccccc23)[C@@H](c2c(F)cc(N3CCC4(CCN(C(=O)CN5Cc6cc7c(cc6C5)C(=O)N(C(C=O)CCC=O)C7=O)CC4)C3)cc2F)N1CC(F)F. The molecule has 12 nitrogen and oxygen atoms in total. The number of hydrogen-bond donors (Lipinski definition) is 2. The van der Waals surface area contributed by atoms with Crippen molar-refractivity contribution in [2.45, 2.75) is 83.1 Å². The Balaban J connectivity index is 0.00000177. The van der Waals surface area contributed by atoms with Gasteiger partial charge in [-0.25, -0.2) is 17.6 Å². The van der Waals surface area contributed by atoms with Gasteiger partial charge >= 0.3 is 0 Å². The average molecular weight is 872 g/mol. The normalized spacial score (nSPS) is 21.2. The second-order valence-corrected chi connectivity index (χ2v) is 17.7. The van der Waals surface area contributed by atoms with Gasteiger partial charge < -0.3 is 29.7 Å². The van der Waals surface area contributed by atoms with Gasteiger partial charge in [0, 0.05) is 79.6 Å². The van der Waals surface area contributed by atoms with E-state index in [4.69, 9.17) is 0 Å². The predicted molar refractivity (Wildman–Crippen MR) is 229 cm³/mol. The maximum Gasteiger partial charge on any atom is 0.262 e. The molecule has 3 amide bonds. The number of fused-ring (bicyclic) bond motifs is 5. The first kappa shape index (κ1) is 44.2. The highest BCUT2D eigenvalue weighted by Gasteiger charge is 2.45. The monoisotopic (exact) mass is 871 g/mol. The number of hydrogen-bond acceptors (Lipinski definition) is 9. The number of amides is 3. The number of aromatic nitrogens is 1. The molecule has 2 fully saturated rings. The zero-order valence-corrected chi connectivity index (χ0v) is 35.8. The lowest BCUT2D eigenvalue weighted by Crippen LogP contribution is -2.47. The number of carbonyl (C=O) groups excluding carboxylic acids is 5. The summed E-state index contributed by atoms with van der Waals surface area (Å²) in [6.45, 7) is 4.43. The first-order chi connectivity index (χ1) is 30.3. The van der Waals surface area contributed by atoms with Crippen molar-refractivity contribution in [2.75, 3.05) is 58.3 Å². The lowest BCUT2D eigenvalue weighted by atomic mass is 9.77. The Morgan fingerprint density at radius 1 is 0.937 bits per heavy atom. The Kier molecular flexibility index (Phi) is 12.6. The number of nitrogens with one attached hydrogen (secondary N) is 2. The molecule has 0 bridgehead atoms. The molecule has 9 rings (SSSR count). The lowest BCUT2D eigenvalue weighted by molar-refractivity contribution is -0.134. The van der Waals surface area contributed by atoms with Crippen molar-refractivity contribution in [2.24, 2.45) is 5.41 Å². The molecule has 16 heteroatoms. The number of likely N-dealkylation sites (tertiary alicyclic amines) is 1. The van der Waals surface area contributed by atoms with Crippen LogP contribution in [0.3, 0.4) is 0 Å². The highest BCUT2D eigenvalue weighted by atomic mass is 19.3. The number of alkyl halides is 2. The van der Waals surface area contributed by atoms with Crippen LogP contribution >= 0.6 is 0 Å². The van der Waals surface area contributed by atoms with E-state index in [1.54, 1.807) is 12.1 Å². The number of para-hydroxylation sites is 1. The number of anilines is 1. The van der Waals surface area contributed by atoms with E-state index in [1.165, 1.54) is 17.0 Å². The quantitative estimate of drug-likeness (QED) is 0.108. The number of aromatic amines is 1. The molecule has 0 radical (unpaired) electrons. The molecule has 1 aromatic heterocycles. The van der Waals surface area contributed by atoms with Crippen molar-refractivity contribution in [3.8, 4) is 0 Å². The van der Waals surface area contributed by atoms with Gasteiger partial charge in [0.05, 0.1) is 36.3 Å². The van der Waals surface area contributed by atoms with Crippen LogP contribution in [-0.2, 0) is 33.9 Å². The van der Waals surface area contributed by atoms with E-state index < -0.39 is 48.5 Å². The molecule has 6 heterocycles. The van der Waals surface area contributed by atoms with Crippen LogP contribution in [0.5, 0.6) is 0 Å². The Bertz CT molecular complexity index is 2370. The topological polar surface area (TPSA) is 129 Å². The van der Waals surface area contributed by atoms with Gasteiger partial charge in [-0.1, -0.05) is 18.2 Å². The van der Waals surface area contributed by atoms with Crippen LogP contribution < -0.4 is 10.2 Å². The van der Waals surface area contributed by atoms with Crippen LogP contribution in [-0.4, -0.2) is 127 Å². The number of nitrogens with zero attached hydrogens (tertiary/aromatic N) is 5. The van der Waals surface area contributed by atoms with E-state index in [-0.39, 0.29) is 53.4 Å². The van der Waals surface area contributed by atoms with E-state index in [1.807, 2.05) is 60.0 Å². The summed E-state index contributed by atoms with van der Waals surface area (Å²) in [4.78, 5) is 74.0. The first-order valence-corrected chi connectivity index (χ1v) is 21.7. The minimum absolute atomic E-state index is 0.0295. The van der Waals surface area contributed by atoms with Crippen LogP contribution in [0.15, 0.2) is 48.5 Å². The third-order valence-corrected chi connectivity index (χ3v) is 13.6. The van der Waals surface area contributed by atoms with Gasteiger partial charge in [-0.05, 0) is 106 Å². The summed E-state index contributed by atoms with van der Waals surface area (Å²) < 4.78 is 60.6. The summed E-state index contributed by atoms with van der Waals surface area (Å²) in [5.41, 5.74) is 4.36. The van der Waals surface area contributed by atoms with Crippen LogP contribution in [0.1, 0.15) is 93.7 Å². The Morgan fingerprint density at radius 2 is 1.56 bits per heavy atom. The standard InChI is InChI=1S/C45H46F4N6O5.C2H7N/c1-26-15-32-31-6-2-3-7-37(31)50-41(32)42(54(26)22-38(48)49)40-35(46)18-30(19-36(40)47)53-13-10-45(25-53)8-11-52(12-9-45)39(58)23-51-20-27-16-33-34(17-28(27)21-51)44(60)55(43(33)59)29(24-57)5-4-14-56;1-3-2/h2-3,6-7,14,16-19,24,26,29,38,42,50H,4-5,8-13,15,20-23,25H2,1H3;3H,1-2H3/t26-,29?,42-;/m1./s1. The third kappa shape index (κ3) is 8.28. The fraction of sp³-hybridized carbons (Fsp3) is 0.468. The summed E-state index contributed by atoms with van der Waals surface area (Å²) in [5, 5.41) is 3.67. The molecule has 63 heavy (non-hydrogen) atoms. The fourth-order valence-electron chi connectivity index (χ4n) is 10.5. The number of imide groups is 1. The highest BCUT2D eigenvalue weighted by Crippen LogP contribution is 2.46. The minimum Gasteiger partial charge on any atom is -0.371 e. The van der Waals surface area contributed by atoms with Crippen LogP contribution in [0, 0.1) is 17.0 Å². The Labute approximate surface area is 363 Å². The molecular formula is C47H53F4N7O5. The van der Waals surface area contributed by atoms with Crippen molar-refractivity contribution < 1.29 is 41.5 Å². The molecule has 5 aliphatic rings. The van der Waals surface area contributed by atoms with Crippen LogP contribution in [0.25, 0.3) is 10.9 Å². The highest BCUT2D eigenvalue weighted by molar-refractivity contribution is 6.22. The number of aldehydes is 2. The largest absolute Gasteiger partial charge is 0.371 e. The Morgan fingerprint density at radius 3 is 2.16 bits per heavy atom. The molecule has 5 aliphatic heterocycles. The predicted octanol–water partition coefficient (Wildman–Crippen LogP) is 5.86. The second-order valence-electron chi connectivity index (χ2n) is 17.7. The number of rotatable bonds is 11. The van der Waals surface area contributed by atoms with Gasteiger partial charge in [0.15, 0.2) is 0 Å². The molecular weight excluding hydrogens is 819 g/mol. The third-order valence-electron chi connectivity index (χ3n) is 13.6. The molecule has 3 aromatic carbocycles. The van der Waals surface area contributed by atoms with Gasteiger partial charge in [0.2, 0.25) is 5.91 Å². The summed E-state index contributed by atoms with van der Waals surface area (Å²) in [6.07, 6.45) is 1.32. The Hall–Kier alpha value is -5.45. The number of benzene rings is 3. The first-order valence-electron chi connectivity index (χ1n) is 21.7. The van der Waals surface area contributed by atoms with Gasteiger partial charge in [-0.15, -0.1) is 0 Å². The smallest absolute Gasteiger partial charge is 0.262 e. The summed E-state index contributed by atoms with van der Waals surface area (Å²) in [7, 11) is 3.75. The summed E-state index contributed by atoms with van der Waals surface area (Å²) >= 11 is 0. The van der Waals surface area contributed by atoms with E-state index in [2.05, 4.69) is 10.3 Å². The minimum atomic E-state index is -2.69. The zero-order chi connectivity index (χ0) is 44.7. The molecule has 3 atom stereocenters. The van der Waals surface area contributed by atoms with Crippen LogP contribution in [0.4, 0.5) is 23.2 Å². The summed E-state index contributed by atoms with van der Waals surface area (Å²) in [6, 6.07) is 11.1. The van der Waals surface area contributed by atoms with Gasteiger partial charge in [-0.2, -0.15) is 0 Å². The van der Waals surface area contributed by atoms with Gasteiger partial charge in [0.1, 0.15) is 24.2 Å². The molecule has 0 saturated carbocycles. The fourth-order valence-corrected chi connectivity index (χ4v) is 10.5. The maximum atomic E-state index is 16.4. The lowest BCUT2D eigenvalue weighted by Gasteiger charge is -2.41. The van der Waals surface area contributed by atoms with Crippen molar-refractivity contribution in [3.63, 3.8) is 0 Å². The molecule has 4 aromatic rings. The number of piperidine rings is 1. The maximum absolute atomic E-state index is 16.4. The zero-order valence-electron chi connectivity index (χ0n) is 35.8. The van der Waals surface area contributed by atoms with Gasteiger partial charge in [-0.3, -0.25) is 29.1 Å².